The van der Waals surface area contributed by atoms with E-state index in [2.05, 4.69) is 10.0 Å². The van der Waals surface area contributed by atoms with Crippen molar-refractivity contribution in [2.45, 2.75) is 31.0 Å². The molecule has 4 aromatic carbocycles. The van der Waals surface area contributed by atoms with E-state index in [1.54, 1.807) is 24.3 Å². The third-order valence-electron chi connectivity index (χ3n) is 7.21. The molecular formula is C33H30N4O5. The summed E-state index contributed by atoms with van der Waals surface area (Å²) in [5.74, 6) is -0.295. The van der Waals surface area contributed by atoms with Gasteiger partial charge >= 0.3 is 5.97 Å². The van der Waals surface area contributed by atoms with Crippen LogP contribution in [0.3, 0.4) is 0 Å². The van der Waals surface area contributed by atoms with Crippen molar-refractivity contribution < 1.29 is 24.5 Å². The molecule has 0 fully saturated rings. The maximum absolute atomic E-state index is 13.2. The van der Waals surface area contributed by atoms with Crippen molar-refractivity contribution in [1.29, 1.82) is 0 Å². The second kappa shape index (κ2) is 13.0. The molecule has 2 N–H and O–H groups in total. The number of benzene rings is 4. The number of carbonyl (C=O) groups is 1. The molecule has 1 aliphatic rings. The Morgan fingerprint density at radius 2 is 1.55 bits per heavy atom. The maximum atomic E-state index is 13.2. The first-order chi connectivity index (χ1) is 20.5. The van der Waals surface area contributed by atoms with Crippen molar-refractivity contribution in [3.05, 3.63) is 136 Å². The number of azide groups is 1. The molecule has 4 aromatic rings. The van der Waals surface area contributed by atoms with Crippen LogP contribution < -0.4 is 4.74 Å². The minimum atomic E-state index is -1.69. The number of aliphatic hydroxyl groups is 1. The summed E-state index contributed by atoms with van der Waals surface area (Å²) in [6.07, 6.45) is -0.385. The van der Waals surface area contributed by atoms with Crippen LogP contribution in [0.1, 0.15) is 34.8 Å². The Kier molecular flexibility index (Phi) is 8.82. The number of nitrogens with zero attached hydrogens (tertiary/aromatic N) is 4. The van der Waals surface area contributed by atoms with Crippen LogP contribution in [0.4, 0.5) is 0 Å². The highest BCUT2D eigenvalue weighted by molar-refractivity contribution is 5.99. The van der Waals surface area contributed by atoms with Gasteiger partial charge in [-0.05, 0) is 57.6 Å². The van der Waals surface area contributed by atoms with Crippen LogP contribution in [-0.4, -0.2) is 40.8 Å². The maximum Gasteiger partial charge on any atom is 0.336 e. The average molecular weight is 563 g/mol. The van der Waals surface area contributed by atoms with E-state index in [1.165, 1.54) is 0 Å². The number of hydrogen-bond donors (Lipinski definition) is 2. The third kappa shape index (κ3) is 6.12. The van der Waals surface area contributed by atoms with E-state index < -0.39 is 17.6 Å². The number of rotatable bonds is 12. The lowest BCUT2D eigenvalue weighted by molar-refractivity contribution is -0.146. The molecule has 0 radical (unpaired) electrons. The van der Waals surface area contributed by atoms with Gasteiger partial charge in [0.05, 0.1) is 13.2 Å². The summed E-state index contributed by atoms with van der Waals surface area (Å²) >= 11 is 0. The molecule has 0 unspecified atom stereocenters. The van der Waals surface area contributed by atoms with Crippen LogP contribution in [-0.2, 0) is 22.5 Å². The van der Waals surface area contributed by atoms with E-state index >= 15 is 0 Å². The van der Waals surface area contributed by atoms with E-state index in [1.807, 2.05) is 78.9 Å². The fourth-order valence-corrected chi connectivity index (χ4v) is 5.03. The molecule has 0 saturated heterocycles. The van der Waals surface area contributed by atoms with Gasteiger partial charge in [0.1, 0.15) is 5.75 Å². The lowest BCUT2D eigenvalue weighted by Gasteiger charge is -2.28. The minimum absolute atomic E-state index is 0.0242. The molecular weight excluding hydrogens is 532 g/mol. The molecule has 0 spiro atoms. The molecule has 212 valence electrons. The Hall–Kier alpha value is -5.11. The Bertz CT molecular complexity index is 1600. The van der Waals surface area contributed by atoms with Gasteiger partial charge in [0.15, 0.2) is 6.10 Å². The first-order valence-corrected chi connectivity index (χ1v) is 13.6. The number of carboxylic acids is 1. The van der Waals surface area contributed by atoms with E-state index in [9.17, 15) is 9.90 Å². The number of aliphatic hydroxyl groups excluding tert-OH is 1. The molecule has 9 nitrogen and oxygen atoms in total. The monoisotopic (exact) mass is 562 g/mol. The van der Waals surface area contributed by atoms with E-state index in [0.717, 1.165) is 16.7 Å². The fraction of sp³-hybridized carbons (Fsp3) is 0.212. The molecule has 1 heterocycles. The molecule has 0 aromatic heterocycles. The summed E-state index contributed by atoms with van der Waals surface area (Å²) < 4.78 is 12.0. The number of hydrogen-bond acceptors (Lipinski definition) is 6. The van der Waals surface area contributed by atoms with Crippen molar-refractivity contribution in [3.8, 4) is 16.9 Å². The molecule has 9 heteroatoms. The number of aliphatic carboxylic acids is 1. The van der Waals surface area contributed by atoms with Gasteiger partial charge in [-0.1, -0.05) is 84.0 Å². The summed E-state index contributed by atoms with van der Waals surface area (Å²) in [7, 11) is 0. The van der Waals surface area contributed by atoms with Crippen molar-refractivity contribution in [3.63, 3.8) is 0 Å². The summed E-state index contributed by atoms with van der Waals surface area (Å²) in [4.78, 5) is 20.8. The summed E-state index contributed by atoms with van der Waals surface area (Å²) in [5, 5.41) is 23.5. The molecule has 5 rings (SSSR count). The Morgan fingerprint density at radius 3 is 2.21 bits per heavy atom. The lowest BCUT2D eigenvalue weighted by atomic mass is 9.81. The molecule has 1 aliphatic heterocycles. The smallest absolute Gasteiger partial charge is 0.336 e. The minimum Gasteiger partial charge on any atom is -0.494 e. The van der Waals surface area contributed by atoms with Crippen LogP contribution in [0, 0.1) is 0 Å². The molecule has 0 aliphatic carbocycles. The predicted octanol–water partition coefficient (Wildman–Crippen LogP) is 6.51. The first-order valence-electron chi connectivity index (χ1n) is 13.6. The second-order valence-corrected chi connectivity index (χ2v) is 9.92. The third-order valence-corrected chi connectivity index (χ3v) is 7.21. The van der Waals surface area contributed by atoms with Crippen LogP contribution in [0.5, 0.6) is 5.75 Å². The van der Waals surface area contributed by atoms with Gasteiger partial charge in [0.25, 0.3) is 0 Å². The fourth-order valence-electron chi connectivity index (χ4n) is 5.03. The highest BCUT2D eigenvalue weighted by atomic mass is 16.5. The standard InChI is InChI=1S/C33H30N4O5/c34-37-35-22-28-10-5-4-9-27(28)21-33(32(39)40)30(25-13-11-24(12-14-25)23-7-2-1-3-8-23)42-31(36-33)26-15-17-29(18-16-26)41-20-6-19-38/h1-5,7-18,30,38H,6,19-22H2,(H,39,40)/t30-,33-/m1/s1. The van der Waals surface area contributed by atoms with Gasteiger partial charge in [-0.15, -0.1) is 0 Å². The van der Waals surface area contributed by atoms with Gasteiger partial charge in [-0.25, -0.2) is 9.79 Å². The van der Waals surface area contributed by atoms with Gasteiger partial charge in [0.2, 0.25) is 11.4 Å². The quantitative estimate of drug-likeness (QED) is 0.0878. The summed E-state index contributed by atoms with van der Waals surface area (Å²) in [6, 6.07) is 32.0. The van der Waals surface area contributed by atoms with Gasteiger partial charge in [-0.2, -0.15) is 0 Å². The van der Waals surface area contributed by atoms with Gasteiger partial charge in [-0.3, -0.25) is 0 Å². The van der Waals surface area contributed by atoms with Crippen LogP contribution in [0.2, 0.25) is 0 Å². The zero-order valence-corrected chi connectivity index (χ0v) is 22.8. The Balaban J connectivity index is 1.54. The Labute approximate surface area is 243 Å². The molecule has 2 atom stereocenters. The SMILES string of the molecule is [N-]=[N+]=NCc1ccccc1C[C@@]1(C(=O)O)N=C(c2ccc(OCCCO)cc2)O[C@@H]1c1ccc(-c2ccccc2)cc1. The molecule has 0 bridgehead atoms. The normalized spacial score (nSPS) is 17.5. The van der Waals surface area contributed by atoms with Crippen LogP contribution >= 0.6 is 0 Å². The predicted molar refractivity (Wildman–Crippen MR) is 159 cm³/mol. The van der Waals surface area contributed by atoms with Crippen LogP contribution in [0.25, 0.3) is 21.6 Å². The van der Waals surface area contributed by atoms with E-state index in [4.69, 9.17) is 25.1 Å². The number of ether oxygens (including phenoxy) is 2. The summed E-state index contributed by atoms with van der Waals surface area (Å²) in [6.45, 7) is 0.513. The number of carboxylic acid groups (broad SMARTS) is 1. The zero-order valence-electron chi connectivity index (χ0n) is 22.8. The highest BCUT2D eigenvalue weighted by Gasteiger charge is 2.54. The summed E-state index contributed by atoms with van der Waals surface area (Å²) in [5.41, 5.74) is 12.0. The number of aliphatic imine (C=N–C) groups is 1. The Morgan fingerprint density at radius 1 is 0.905 bits per heavy atom. The highest BCUT2D eigenvalue weighted by Crippen LogP contribution is 2.43. The lowest BCUT2D eigenvalue weighted by Crippen LogP contribution is -2.43. The van der Waals surface area contributed by atoms with E-state index in [0.29, 0.717) is 35.5 Å². The van der Waals surface area contributed by atoms with Gasteiger partial charge in [0, 0.05) is 29.9 Å². The average Bonchev–Trinajstić information content (AvgIpc) is 3.42. The first kappa shape index (κ1) is 28.4. The molecule has 0 saturated carbocycles. The molecule has 0 amide bonds. The van der Waals surface area contributed by atoms with Crippen molar-refractivity contribution >= 4 is 11.9 Å². The van der Waals surface area contributed by atoms with Crippen molar-refractivity contribution in [1.82, 2.24) is 0 Å². The van der Waals surface area contributed by atoms with Crippen LogP contribution in [0.15, 0.2) is 113 Å². The largest absolute Gasteiger partial charge is 0.494 e. The molecule has 42 heavy (non-hydrogen) atoms. The van der Waals surface area contributed by atoms with E-state index in [-0.39, 0.29) is 25.5 Å². The second-order valence-electron chi connectivity index (χ2n) is 9.92. The van der Waals surface area contributed by atoms with Crippen molar-refractivity contribution in [2.24, 2.45) is 10.1 Å². The zero-order chi connectivity index (χ0) is 29.4. The van der Waals surface area contributed by atoms with Gasteiger partial charge < -0.3 is 19.7 Å². The topological polar surface area (TPSA) is 137 Å². The van der Waals surface area contributed by atoms with Crippen molar-refractivity contribution in [2.75, 3.05) is 13.2 Å².